The van der Waals surface area contributed by atoms with E-state index in [9.17, 15) is 18.0 Å². The Balaban J connectivity index is 1.77. The van der Waals surface area contributed by atoms with Gasteiger partial charge < -0.3 is 14.8 Å². The summed E-state index contributed by atoms with van der Waals surface area (Å²) < 4.78 is 40.9. The van der Waals surface area contributed by atoms with E-state index in [0.717, 1.165) is 17.8 Å². The lowest BCUT2D eigenvalue weighted by Gasteiger charge is -2.23. The second-order valence-electron chi connectivity index (χ2n) is 7.03. The highest BCUT2D eigenvalue weighted by Crippen LogP contribution is 2.31. The summed E-state index contributed by atoms with van der Waals surface area (Å²) in [5.74, 6) is 0. The minimum Gasteiger partial charge on any atom is -0.345 e. The number of hydrogen-bond acceptors (Lipinski definition) is 1. The molecule has 0 aliphatic rings. The van der Waals surface area contributed by atoms with E-state index >= 15 is 0 Å². The van der Waals surface area contributed by atoms with Crippen LogP contribution in [0.25, 0.3) is 0 Å². The Kier molecular flexibility index (Phi) is 7.53. The maximum absolute atomic E-state index is 13.0. The van der Waals surface area contributed by atoms with Gasteiger partial charge in [-0.15, -0.1) is 6.58 Å². The molecule has 3 aromatic rings. The fourth-order valence-corrected chi connectivity index (χ4v) is 3.50. The number of halogens is 5. The van der Waals surface area contributed by atoms with E-state index < -0.39 is 17.8 Å². The van der Waals surface area contributed by atoms with Crippen LogP contribution in [0.2, 0.25) is 10.0 Å². The largest absolute Gasteiger partial charge is 0.416 e. The average Bonchev–Trinajstić information content (AvgIpc) is 3.17. The molecular formula is C23H20Cl2F3N3O. The molecule has 32 heavy (non-hydrogen) atoms. The highest BCUT2D eigenvalue weighted by atomic mass is 35.5. The number of anilines is 1. The molecule has 0 aliphatic heterocycles. The molecule has 9 heteroatoms. The first-order valence-electron chi connectivity index (χ1n) is 9.60. The Morgan fingerprint density at radius 1 is 1.12 bits per heavy atom. The van der Waals surface area contributed by atoms with Gasteiger partial charge in [0.25, 0.3) is 0 Å². The van der Waals surface area contributed by atoms with Crippen LogP contribution in [0, 0.1) is 0 Å². The van der Waals surface area contributed by atoms with Crippen LogP contribution < -0.4 is 5.32 Å². The van der Waals surface area contributed by atoms with Crippen LogP contribution in [0.5, 0.6) is 0 Å². The molecule has 1 N–H and O–H groups in total. The van der Waals surface area contributed by atoms with Crippen LogP contribution >= 0.6 is 23.2 Å². The predicted octanol–water partition coefficient (Wildman–Crippen LogP) is 7.08. The second kappa shape index (κ2) is 10.1. The molecule has 0 saturated heterocycles. The molecule has 0 bridgehead atoms. The SMILES string of the molecule is C=CCN(Cc1cccn1Cc1cccc(C(F)(F)F)c1)C(=O)Nc1cccc(Cl)c1Cl. The van der Waals surface area contributed by atoms with Crippen molar-refractivity contribution < 1.29 is 18.0 Å². The van der Waals surface area contributed by atoms with Crippen LogP contribution in [-0.4, -0.2) is 22.0 Å². The van der Waals surface area contributed by atoms with Crippen molar-refractivity contribution in [2.24, 2.45) is 0 Å². The van der Waals surface area contributed by atoms with Gasteiger partial charge in [-0.2, -0.15) is 13.2 Å². The van der Waals surface area contributed by atoms with Crippen molar-refractivity contribution in [2.45, 2.75) is 19.3 Å². The number of urea groups is 1. The number of rotatable bonds is 7. The zero-order valence-corrected chi connectivity index (χ0v) is 18.4. The maximum atomic E-state index is 13.0. The maximum Gasteiger partial charge on any atom is 0.416 e. The van der Waals surface area contributed by atoms with Gasteiger partial charge in [-0.3, -0.25) is 0 Å². The Labute approximate surface area is 193 Å². The summed E-state index contributed by atoms with van der Waals surface area (Å²) in [6.45, 7) is 4.38. The minimum absolute atomic E-state index is 0.210. The zero-order chi connectivity index (χ0) is 23.3. The molecule has 0 aliphatic carbocycles. The monoisotopic (exact) mass is 481 g/mol. The quantitative estimate of drug-likeness (QED) is 0.359. The van der Waals surface area contributed by atoms with Gasteiger partial charge in [-0.1, -0.05) is 47.5 Å². The van der Waals surface area contributed by atoms with Gasteiger partial charge in [-0.05, 0) is 42.0 Å². The predicted molar refractivity (Wildman–Crippen MR) is 121 cm³/mol. The summed E-state index contributed by atoms with van der Waals surface area (Å²) in [4.78, 5) is 14.4. The summed E-state index contributed by atoms with van der Waals surface area (Å²) in [6, 6.07) is 13.3. The number of nitrogens with one attached hydrogen (secondary N) is 1. The van der Waals surface area contributed by atoms with Crippen LogP contribution in [0.1, 0.15) is 16.8 Å². The molecule has 2 aromatic carbocycles. The van der Waals surface area contributed by atoms with E-state index in [2.05, 4.69) is 11.9 Å². The van der Waals surface area contributed by atoms with Crippen molar-refractivity contribution in [3.8, 4) is 0 Å². The molecular weight excluding hydrogens is 462 g/mol. The van der Waals surface area contributed by atoms with E-state index in [1.807, 2.05) is 6.07 Å². The summed E-state index contributed by atoms with van der Waals surface area (Å²) in [6.07, 6.45) is -1.07. The van der Waals surface area contributed by atoms with Crippen LogP contribution in [0.15, 0.2) is 73.4 Å². The minimum atomic E-state index is -4.41. The Bertz CT molecular complexity index is 1110. The lowest BCUT2D eigenvalue weighted by molar-refractivity contribution is -0.137. The van der Waals surface area contributed by atoms with Crippen molar-refractivity contribution in [1.82, 2.24) is 9.47 Å². The smallest absolute Gasteiger partial charge is 0.345 e. The standard InChI is InChI=1S/C23H20Cl2F3N3O/c1-2-11-31(22(32)29-20-10-4-9-19(24)21(20)25)15-18-8-5-12-30(18)14-16-6-3-7-17(13-16)23(26,27)28/h2-10,12-13H,1,11,14-15H2,(H,29,32). The Hall–Kier alpha value is -2.90. The summed E-state index contributed by atoms with van der Waals surface area (Å²) in [7, 11) is 0. The summed E-state index contributed by atoms with van der Waals surface area (Å²) >= 11 is 12.2. The van der Waals surface area contributed by atoms with Crippen LogP contribution in [0.4, 0.5) is 23.7 Å². The normalized spacial score (nSPS) is 11.3. The van der Waals surface area contributed by atoms with Gasteiger partial charge in [0.15, 0.2) is 0 Å². The molecule has 0 saturated carbocycles. The molecule has 0 spiro atoms. The molecule has 0 radical (unpaired) electrons. The average molecular weight is 482 g/mol. The number of alkyl halides is 3. The van der Waals surface area contributed by atoms with E-state index in [4.69, 9.17) is 23.2 Å². The van der Waals surface area contributed by atoms with E-state index in [1.54, 1.807) is 47.2 Å². The number of benzene rings is 2. The first-order valence-corrected chi connectivity index (χ1v) is 10.4. The highest BCUT2D eigenvalue weighted by molar-refractivity contribution is 6.43. The molecule has 0 unspecified atom stereocenters. The van der Waals surface area contributed by atoms with Crippen molar-refractivity contribution in [1.29, 1.82) is 0 Å². The third kappa shape index (κ3) is 5.87. The number of hydrogen-bond donors (Lipinski definition) is 1. The van der Waals surface area contributed by atoms with Crippen LogP contribution in [0.3, 0.4) is 0 Å². The topological polar surface area (TPSA) is 37.3 Å². The lowest BCUT2D eigenvalue weighted by Crippen LogP contribution is -2.35. The first-order chi connectivity index (χ1) is 15.2. The fourth-order valence-electron chi connectivity index (χ4n) is 3.16. The van der Waals surface area contributed by atoms with Crippen molar-refractivity contribution in [2.75, 3.05) is 11.9 Å². The zero-order valence-electron chi connectivity index (χ0n) is 16.9. The number of aromatic nitrogens is 1. The van der Waals surface area contributed by atoms with Crippen molar-refractivity contribution >= 4 is 34.9 Å². The summed E-state index contributed by atoms with van der Waals surface area (Å²) in [5, 5.41) is 3.28. The van der Waals surface area contributed by atoms with Crippen molar-refractivity contribution in [3.05, 3.63) is 100 Å². The number of nitrogens with zero attached hydrogens (tertiary/aromatic N) is 2. The van der Waals surface area contributed by atoms with Gasteiger partial charge in [-0.25, -0.2) is 4.79 Å². The molecule has 2 amide bonds. The van der Waals surface area contributed by atoms with Gasteiger partial charge >= 0.3 is 12.2 Å². The van der Waals surface area contributed by atoms with E-state index in [1.165, 1.54) is 11.0 Å². The lowest BCUT2D eigenvalue weighted by atomic mass is 10.1. The third-order valence-corrected chi connectivity index (χ3v) is 5.53. The van der Waals surface area contributed by atoms with Gasteiger partial charge in [0, 0.05) is 25.0 Å². The molecule has 1 aromatic heterocycles. The van der Waals surface area contributed by atoms with Gasteiger partial charge in [0.2, 0.25) is 0 Å². The highest BCUT2D eigenvalue weighted by Gasteiger charge is 2.30. The first kappa shape index (κ1) is 23.8. The fraction of sp³-hybridized carbons (Fsp3) is 0.174. The third-order valence-electron chi connectivity index (χ3n) is 4.71. The van der Waals surface area contributed by atoms with Gasteiger partial charge in [0.05, 0.1) is 27.8 Å². The molecule has 4 nitrogen and oxygen atoms in total. The number of carbonyl (C=O) groups excluding carboxylic acids is 1. The number of amides is 2. The number of carbonyl (C=O) groups is 1. The van der Waals surface area contributed by atoms with E-state index in [0.29, 0.717) is 16.3 Å². The Morgan fingerprint density at radius 3 is 2.59 bits per heavy atom. The summed E-state index contributed by atoms with van der Waals surface area (Å²) in [5.41, 5.74) is 0.923. The molecule has 0 fully saturated rings. The molecule has 168 valence electrons. The van der Waals surface area contributed by atoms with E-state index in [-0.39, 0.29) is 24.7 Å². The van der Waals surface area contributed by atoms with Crippen LogP contribution in [-0.2, 0) is 19.3 Å². The second-order valence-corrected chi connectivity index (χ2v) is 7.81. The molecule has 0 atom stereocenters. The molecule has 1 heterocycles. The Morgan fingerprint density at radius 2 is 1.88 bits per heavy atom. The van der Waals surface area contributed by atoms with Gasteiger partial charge in [0.1, 0.15) is 0 Å². The van der Waals surface area contributed by atoms with Crippen molar-refractivity contribution in [3.63, 3.8) is 0 Å². The molecule has 3 rings (SSSR count).